The Kier molecular flexibility index (Phi) is 9.53. The number of hydrogen-bond donors (Lipinski definition) is 3. The molecule has 41 heavy (non-hydrogen) atoms. The molecule has 0 aromatic heterocycles. The third kappa shape index (κ3) is 5.85. The first-order valence-electron chi connectivity index (χ1n) is 14.1. The lowest BCUT2D eigenvalue weighted by Gasteiger charge is -2.35. The van der Waals surface area contributed by atoms with Crippen LogP contribution in [0.4, 0.5) is 11.4 Å². The summed E-state index contributed by atoms with van der Waals surface area (Å²) in [6, 6.07) is 13.5. The van der Waals surface area contributed by atoms with Crippen molar-refractivity contribution in [3.63, 3.8) is 0 Å². The number of amides is 3. The lowest BCUT2D eigenvalue weighted by Crippen LogP contribution is -2.52. The number of unbranched alkanes of at least 4 members (excludes halogenated alkanes) is 3. The molecule has 3 saturated heterocycles. The molecule has 220 valence electrons. The van der Waals surface area contributed by atoms with Gasteiger partial charge in [-0.1, -0.05) is 52.5 Å². The highest BCUT2D eigenvalue weighted by molar-refractivity contribution is 9.09. The van der Waals surface area contributed by atoms with Gasteiger partial charge in [-0.15, -0.1) is 11.8 Å². The minimum atomic E-state index is -0.743. The van der Waals surface area contributed by atoms with Crippen LogP contribution in [0.1, 0.15) is 39.0 Å². The maximum Gasteiger partial charge on any atom is 0.248 e. The zero-order valence-corrected chi connectivity index (χ0v) is 26.0. The topological polar surface area (TPSA) is 108 Å². The van der Waals surface area contributed by atoms with Crippen molar-refractivity contribution in [3.05, 3.63) is 53.6 Å². The lowest BCUT2D eigenvalue weighted by atomic mass is 9.70. The van der Waals surface area contributed by atoms with Crippen LogP contribution in [0.15, 0.2) is 48.5 Å². The van der Waals surface area contributed by atoms with Gasteiger partial charge in [0.2, 0.25) is 17.7 Å². The Morgan fingerprint density at radius 2 is 1.83 bits per heavy atom. The molecule has 3 amide bonds. The molecule has 3 aliphatic heterocycles. The summed E-state index contributed by atoms with van der Waals surface area (Å²) < 4.78 is 4.77. The molecular formula is C30H35BrClN3O5S. The quantitative estimate of drug-likeness (QED) is 0.209. The van der Waals surface area contributed by atoms with Crippen molar-refractivity contribution < 1.29 is 24.2 Å². The monoisotopic (exact) mass is 663 g/mol. The summed E-state index contributed by atoms with van der Waals surface area (Å²) in [5, 5.41) is 15.4. The van der Waals surface area contributed by atoms with Crippen molar-refractivity contribution in [2.45, 2.75) is 59.9 Å². The van der Waals surface area contributed by atoms with E-state index in [9.17, 15) is 14.4 Å². The van der Waals surface area contributed by atoms with Crippen LogP contribution in [0, 0.1) is 11.8 Å². The van der Waals surface area contributed by atoms with Gasteiger partial charge in [0, 0.05) is 28.9 Å². The average molecular weight is 665 g/mol. The second kappa shape index (κ2) is 12.9. The molecule has 3 fully saturated rings. The number of rotatable bonds is 12. The van der Waals surface area contributed by atoms with Gasteiger partial charge in [-0.25, -0.2) is 0 Å². The van der Waals surface area contributed by atoms with Crippen LogP contribution in [0.3, 0.4) is 0 Å². The SMILES string of the molecule is CCOc1ccc(NC(=O)[C@H]2[C@@H]3SC4(CC3Br)C(C(=O)Nc3ccccc3Cl)N(CCCCCCO)C(=O)[C@H]24)cc1. The number of carbonyl (C=O) groups excluding carboxylic acids is 3. The number of halogens is 2. The van der Waals surface area contributed by atoms with E-state index >= 15 is 0 Å². The second-order valence-corrected chi connectivity index (χ2v) is 13.9. The Morgan fingerprint density at radius 1 is 1.10 bits per heavy atom. The smallest absolute Gasteiger partial charge is 0.248 e. The van der Waals surface area contributed by atoms with Crippen molar-refractivity contribution >= 4 is 68.4 Å². The highest BCUT2D eigenvalue weighted by Crippen LogP contribution is 2.67. The number of anilines is 2. The molecule has 6 atom stereocenters. The molecule has 2 aromatic carbocycles. The van der Waals surface area contributed by atoms with Gasteiger partial charge in [0.1, 0.15) is 11.8 Å². The lowest BCUT2D eigenvalue weighted by molar-refractivity contribution is -0.138. The van der Waals surface area contributed by atoms with E-state index in [0.717, 1.165) is 12.8 Å². The number of carbonyl (C=O) groups is 3. The Hall–Kier alpha value is -2.27. The molecule has 0 saturated carbocycles. The van der Waals surface area contributed by atoms with Crippen molar-refractivity contribution in [2.75, 3.05) is 30.4 Å². The fraction of sp³-hybridized carbons (Fsp3) is 0.500. The third-order valence-electron chi connectivity index (χ3n) is 8.21. The average Bonchev–Trinajstić information content (AvgIpc) is 3.54. The van der Waals surface area contributed by atoms with Crippen LogP contribution >= 0.6 is 39.3 Å². The Bertz CT molecular complexity index is 1280. The number of ether oxygens (including phenoxy) is 1. The minimum Gasteiger partial charge on any atom is -0.494 e. The molecule has 3 aliphatic rings. The number of hydrogen-bond acceptors (Lipinski definition) is 6. The summed E-state index contributed by atoms with van der Waals surface area (Å²) in [7, 11) is 0. The van der Waals surface area contributed by atoms with E-state index in [2.05, 4.69) is 26.6 Å². The van der Waals surface area contributed by atoms with Crippen LogP contribution < -0.4 is 15.4 Å². The van der Waals surface area contributed by atoms with Gasteiger partial charge in [0.05, 0.1) is 33.9 Å². The molecule has 0 radical (unpaired) electrons. The summed E-state index contributed by atoms with van der Waals surface area (Å²) in [5.74, 6) is -1.14. The first-order valence-corrected chi connectivity index (χ1v) is 16.3. The van der Waals surface area contributed by atoms with Gasteiger partial charge in [-0.05, 0) is 62.6 Å². The first kappa shape index (κ1) is 30.2. The number of alkyl halides is 1. The van der Waals surface area contributed by atoms with Crippen LogP contribution in [-0.2, 0) is 14.4 Å². The molecule has 3 unspecified atom stereocenters. The highest BCUT2D eigenvalue weighted by Gasteiger charge is 2.75. The number of aliphatic hydroxyl groups is 1. The molecule has 2 aromatic rings. The second-order valence-electron chi connectivity index (χ2n) is 10.7. The Labute approximate surface area is 258 Å². The number of benzene rings is 2. The largest absolute Gasteiger partial charge is 0.494 e. The van der Waals surface area contributed by atoms with E-state index in [1.165, 1.54) is 0 Å². The fourth-order valence-corrected chi connectivity index (χ4v) is 10.3. The number of nitrogens with zero attached hydrogens (tertiary/aromatic N) is 1. The minimum absolute atomic E-state index is 0.0206. The molecule has 0 aliphatic carbocycles. The molecule has 3 N–H and O–H groups in total. The summed E-state index contributed by atoms with van der Waals surface area (Å²) in [6.07, 6.45) is 3.69. The number of fused-ring (bicyclic) bond motifs is 1. The molecular weight excluding hydrogens is 630 g/mol. The summed E-state index contributed by atoms with van der Waals surface area (Å²) >= 11 is 11.8. The van der Waals surface area contributed by atoms with Crippen molar-refractivity contribution in [2.24, 2.45) is 11.8 Å². The summed E-state index contributed by atoms with van der Waals surface area (Å²) in [4.78, 5) is 43.7. The molecule has 2 bridgehead atoms. The molecule has 5 rings (SSSR count). The molecule has 3 heterocycles. The predicted octanol–water partition coefficient (Wildman–Crippen LogP) is 5.33. The molecule has 11 heteroatoms. The van der Waals surface area contributed by atoms with E-state index in [4.69, 9.17) is 21.4 Å². The predicted molar refractivity (Wildman–Crippen MR) is 166 cm³/mol. The van der Waals surface area contributed by atoms with Gasteiger partial charge in [-0.2, -0.15) is 0 Å². The van der Waals surface area contributed by atoms with Crippen molar-refractivity contribution in [1.82, 2.24) is 4.90 Å². The zero-order chi connectivity index (χ0) is 29.1. The van der Waals surface area contributed by atoms with Gasteiger partial charge >= 0.3 is 0 Å². The van der Waals surface area contributed by atoms with Crippen LogP contribution in [0.25, 0.3) is 0 Å². The van der Waals surface area contributed by atoms with Gasteiger partial charge in [0.25, 0.3) is 0 Å². The summed E-state index contributed by atoms with van der Waals surface area (Å²) in [6.45, 7) is 3.00. The van der Waals surface area contributed by atoms with Crippen LogP contribution in [-0.4, -0.2) is 68.4 Å². The van der Waals surface area contributed by atoms with Crippen LogP contribution in [0.5, 0.6) is 5.75 Å². The maximum absolute atomic E-state index is 14.2. The van der Waals surface area contributed by atoms with Crippen molar-refractivity contribution in [1.29, 1.82) is 0 Å². The third-order valence-corrected chi connectivity index (χ3v) is 11.8. The van der Waals surface area contributed by atoms with E-state index in [0.29, 0.717) is 54.6 Å². The van der Waals surface area contributed by atoms with Crippen LogP contribution in [0.2, 0.25) is 5.02 Å². The van der Waals surface area contributed by atoms with Crippen molar-refractivity contribution in [3.8, 4) is 5.75 Å². The summed E-state index contributed by atoms with van der Waals surface area (Å²) in [5.41, 5.74) is 1.12. The fourth-order valence-electron chi connectivity index (χ4n) is 6.51. The van der Waals surface area contributed by atoms with E-state index in [1.54, 1.807) is 65.2 Å². The van der Waals surface area contributed by atoms with Gasteiger partial charge in [0.15, 0.2) is 0 Å². The van der Waals surface area contributed by atoms with Gasteiger partial charge in [-0.3, -0.25) is 14.4 Å². The number of para-hydroxylation sites is 1. The van der Waals surface area contributed by atoms with E-state index in [-0.39, 0.29) is 34.4 Å². The first-order chi connectivity index (χ1) is 19.8. The van der Waals surface area contributed by atoms with E-state index in [1.807, 2.05) is 6.92 Å². The zero-order valence-electron chi connectivity index (χ0n) is 22.9. The van der Waals surface area contributed by atoms with E-state index < -0.39 is 22.6 Å². The maximum atomic E-state index is 14.2. The Balaban J connectivity index is 1.42. The normalized spacial score (nSPS) is 28.0. The number of thioether (sulfide) groups is 1. The molecule has 8 nitrogen and oxygen atoms in total. The highest BCUT2D eigenvalue weighted by atomic mass is 79.9. The Morgan fingerprint density at radius 3 is 2.54 bits per heavy atom. The van der Waals surface area contributed by atoms with Gasteiger partial charge < -0.3 is 25.4 Å². The number of nitrogens with one attached hydrogen (secondary N) is 2. The number of aliphatic hydroxyl groups excluding tert-OH is 1. The molecule has 1 spiro atoms. The number of likely N-dealkylation sites (tertiary alicyclic amines) is 1. The standard InChI is InChI=1S/C30H35BrClN3O5S/c1-2-40-19-13-11-18(12-14-19)33-27(37)23-24-29(39)35(15-7-3-4-8-16-36)26(30(24)17-20(31)25(23)41-30)28(38)34-22-10-6-5-9-21(22)32/h5-6,9-14,20,23-26,36H,2-4,7-8,15-17H2,1H3,(H,33,37)(H,34,38)/t20?,23-,24+,25-,26?,30?/m1/s1.